The minimum absolute atomic E-state index is 0.746. The number of aryl methyl sites for hydroxylation is 3. The van der Waals surface area contributed by atoms with Crippen LogP contribution in [-0.4, -0.2) is 22.0 Å². The van der Waals surface area contributed by atoms with Gasteiger partial charge in [0.25, 0.3) is 0 Å². The van der Waals surface area contributed by atoms with E-state index in [9.17, 15) is 0 Å². The largest absolute Gasteiger partial charge is 0.373 e. The third-order valence-corrected chi connectivity index (χ3v) is 2.97. The molecule has 2 aromatic heterocycles. The SMILES string of the molecule is CNc1nc(-c2cc(C)nc(C)c2)nc(C)c1C. The quantitative estimate of drug-likeness (QED) is 0.879. The average Bonchev–Trinajstić information content (AvgIpc) is 2.31. The molecule has 0 saturated carbocycles. The summed E-state index contributed by atoms with van der Waals surface area (Å²) < 4.78 is 0. The molecule has 0 atom stereocenters. The lowest BCUT2D eigenvalue weighted by Crippen LogP contribution is -2.03. The van der Waals surface area contributed by atoms with Gasteiger partial charge in [-0.25, -0.2) is 9.97 Å². The van der Waals surface area contributed by atoms with Crippen molar-refractivity contribution in [3.05, 3.63) is 34.8 Å². The van der Waals surface area contributed by atoms with E-state index in [1.165, 1.54) is 0 Å². The van der Waals surface area contributed by atoms with E-state index in [1.807, 2.05) is 46.9 Å². The molecule has 4 nitrogen and oxygen atoms in total. The molecule has 2 heterocycles. The third kappa shape index (κ3) is 2.32. The van der Waals surface area contributed by atoms with Crippen molar-refractivity contribution in [3.8, 4) is 11.4 Å². The normalized spacial score (nSPS) is 10.5. The predicted octanol–water partition coefficient (Wildman–Crippen LogP) is 2.81. The Morgan fingerprint density at radius 1 is 0.889 bits per heavy atom. The minimum Gasteiger partial charge on any atom is -0.373 e. The summed E-state index contributed by atoms with van der Waals surface area (Å²) in [5, 5.41) is 3.11. The molecular weight excluding hydrogens is 224 g/mol. The Balaban J connectivity index is 2.60. The van der Waals surface area contributed by atoms with Gasteiger partial charge in [-0.2, -0.15) is 0 Å². The van der Waals surface area contributed by atoms with Crippen LogP contribution in [0.1, 0.15) is 22.6 Å². The van der Waals surface area contributed by atoms with E-state index in [-0.39, 0.29) is 0 Å². The van der Waals surface area contributed by atoms with Crippen LogP contribution in [0, 0.1) is 27.7 Å². The molecule has 0 saturated heterocycles. The first-order valence-corrected chi connectivity index (χ1v) is 6.00. The molecule has 4 heteroatoms. The van der Waals surface area contributed by atoms with Crippen molar-refractivity contribution in [2.75, 3.05) is 12.4 Å². The van der Waals surface area contributed by atoms with Crippen molar-refractivity contribution in [1.29, 1.82) is 0 Å². The molecule has 2 rings (SSSR count). The Morgan fingerprint density at radius 3 is 2.06 bits per heavy atom. The summed E-state index contributed by atoms with van der Waals surface area (Å²) in [6, 6.07) is 4.02. The molecular formula is C14H18N4. The Hall–Kier alpha value is -1.97. The van der Waals surface area contributed by atoms with E-state index in [0.29, 0.717) is 0 Å². The molecule has 0 aliphatic rings. The molecule has 0 fully saturated rings. The minimum atomic E-state index is 0.746. The number of hydrogen-bond donors (Lipinski definition) is 1. The molecule has 0 spiro atoms. The summed E-state index contributed by atoms with van der Waals surface area (Å²) in [5.41, 5.74) is 5.07. The van der Waals surface area contributed by atoms with Gasteiger partial charge in [-0.15, -0.1) is 0 Å². The van der Waals surface area contributed by atoms with Crippen LogP contribution in [0.25, 0.3) is 11.4 Å². The second-order valence-electron chi connectivity index (χ2n) is 4.49. The van der Waals surface area contributed by atoms with E-state index < -0.39 is 0 Å². The second kappa shape index (κ2) is 4.72. The Kier molecular flexibility index (Phi) is 3.28. The van der Waals surface area contributed by atoms with E-state index in [0.717, 1.165) is 39.9 Å². The highest BCUT2D eigenvalue weighted by atomic mass is 15.0. The zero-order valence-electron chi connectivity index (χ0n) is 11.5. The summed E-state index contributed by atoms with van der Waals surface area (Å²) in [6.45, 7) is 7.99. The Morgan fingerprint density at radius 2 is 1.50 bits per heavy atom. The lowest BCUT2D eigenvalue weighted by molar-refractivity contribution is 1.06. The monoisotopic (exact) mass is 242 g/mol. The number of pyridine rings is 1. The highest BCUT2D eigenvalue weighted by molar-refractivity contribution is 5.60. The van der Waals surface area contributed by atoms with Crippen molar-refractivity contribution in [2.24, 2.45) is 0 Å². The lowest BCUT2D eigenvalue weighted by atomic mass is 10.1. The summed E-state index contributed by atoms with van der Waals surface area (Å²) in [7, 11) is 1.88. The van der Waals surface area contributed by atoms with Crippen LogP contribution in [-0.2, 0) is 0 Å². The Labute approximate surface area is 108 Å². The smallest absolute Gasteiger partial charge is 0.161 e. The molecule has 0 aliphatic heterocycles. The predicted molar refractivity (Wildman–Crippen MR) is 73.8 cm³/mol. The van der Waals surface area contributed by atoms with Gasteiger partial charge in [-0.05, 0) is 39.8 Å². The average molecular weight is 242 g/mol. The maximum atomic E-state index is 4.55. The van der Waals surface area contributed by atoms with Gasteiger partial charge in [-0.3, -0.25) is 4.98 Å². The van der Waals surface area contributed by atoms with Crippen LogP contribution in [0.2, 0.25) is 0 Å². The van der Waals surface area contributed by atoms with Gasteiger partial charge in [0.15, 0.2) is 5.82 Å². The number of nitrogens with one attached hydrogen (secondary N) is 1. The molecule has 0 amide bonds. The van der Waals surface area contributed by atoms with E-state index in [1.54, 1.807) is 0 Å². The summed E-state index contributed by atoms with van der Waals surface area (Å²) in [6.07, 6.45) is 0. The van der Waals surface area contributed by atoms with Gasteiger partial charge in [0.1, 0.15) is 5.82 Å². The number of anilines is 1. The highest BCUT2D eigenvalue weighted by Crippen LogP contribution is 2.22. The number of nitrogens with zero attached hydrogens (tertiary/aromatic N) is 3. The first kappa shape index (κ1) is 12.5. The van der Waals surface area contributed by atoms with Crippen LogP contribution in [0.5, 0.6) is 0 Å². The van der Waals surface area contributed by atoms with Gasteiger partial charge >= 0.3 is 0 Å². The van der Waals surface area contributed by atoms with Crippen molar-refractivity contribution >= 4 is 5.82 Å². The third-order valence-electron chi connectivity index (χ3n) is 2.97. The molecule has 0 unspecified atom stereocenters. The Bertz CT molecular complexity index is 570. The molecule has 18 heavy (non-hydrogen) atoms. The molecule has 0 radical (unpaired) electrons. The van der Waals surface area contributed by atoms with Gasteiger partial charge < -0.3 is 5.32 Å². The van der Waals surface area contributed by atoms with Gasteiger partial charge in [-0.1, -0.05) is 0 Å². The topological polar surface area (TPSA) is 50.7 Å². The number of hydrogen-bond acceptors (Lipinski definition) is 4. The van der Waals surface area contributed by atoms with Gasteiger partial charge in [0.2, 0.25) is 0 Å². The molecule has 1 N–H and O–H groups in total. The van der Waals surface area contributed by atoms with Crippen molar-refractivity contribution in [3.63, 3.8) is 0 Å². The molecule has 0 aliphatic carbocycles. The first-order chi connectivity index (χ1) is 8.51. The highest BCUT2D eigenvalue weighted by Gasteiger charge is 2.09. The summed E-state index contributed by atoms with van der Waals surface area (Å²) >= 11 is 0. The zero-order chi connectivity index (χ0) is 13.3. The van der Waals surface area contributed by atoms with Gasteiger partial charge in [0.05, 0.1) is 0 Å². The first-order valence-electron chi connectivity index (χ1n) is 6.00. The lowest BCUT2D eigenvalue weighted by Gasteiger charge is -2.10. The fraction of sp³-hybridized carbons (Fsp3) is 0.357. The zero-order valence-corrected chi connectivity index (χ0v) is 11.5. The maximum Gasteiger partial charge on any atom is 0.161 e. The van der Waals surface area contributed by atoms with Crippen LogP contribution in [0.3, 0.4) is 0 Å². The standard InChI is InChI=1S/C14H18N4/c1-8-6-12(7-9(2)16-8)14-17-11(4)10(3)13(15-5)18-14/h6-7H,1-5H3,(H,15,17,18). The summed E-state index contributed by atoms with van der Waals surface area (Å²) in [4.78, 5) is 13.5. The fourth-order valence-corrected chi connectivity index (χ4v) is 1.96. The summed E-state index contributed by atoms with van der Waals surface area (Å²) in [5.74, 6) is 1.63. The van der Waals surface area contributed by atoms with Crippen molar-refractivity contribution < 1.29 is 0 Å². The van der Waals surface area contributed by atoms with Crippen LogP contribution in [0.4, 0.5) is 5.82 Å². The molecule has 94 valence electrons. The number of rotatable bonds is 2. The van der Waals surface area contributed by atoms with Crippen LogP contribution >= 0.6 is 0 Å². The molecule has 0 aromatic carbocycles. The number of aromatic nitrogens is 3. The maximum absolute atomic E-state index is 4.55. The van der Waals surface area contributed by atoms with Gasteiger partial charge in [0, 0.05) is 35.3 Å². The van der Waals surface area contributed by atoms with E-state index >= 15 is 0 Å². The second-order valence-corrected chi connectivity index (χ2v) is 4.49. The van der Waals surface area contributed by atoms with Crippen LogP contribution < -0.4 is 5.32 Å². The van der Waals surface area contributed by atoms with Crippen LogP contribution in [0.15, 0.2) is 12.1 Å². The van der Waals surface area contributed by atoms with Crippen molar-refractivity contribution in [2.45, 2.75) is 27.7 Å². The van der Waals surface area contributed by atoms with E-state index in [4.69, 9.17) is 0 Å². The fourth-order valence-electron chi connectivity index (χ4n) is 1.96. The van der Waals surface area contributed by atoms with E-state index in [2.05, 4.69) is 20.3 Å². The molecule has 0 bridgehead atoms. The van der Waals surface area contributed by atoms with Crippen molar-refractivity contribution in [1.82, 2.24) is 15.0 Å². The molecule has 2 aromatic rings.